The molecule has 0 aliphatic carbocycles. The molecule has 1 rings (SSSR count). The number of nitrogens with zero attached hydrogens (tertiary/aromatic N) is 1. The zero-order valence-electron chi connectivity index (χ0n) is 6.54. The molecule has 11 heavy (non-hydrogen) atoms. The third kappa shape index (κ3) is 2.15. The lowest BCUT2D eigenvalue weighted by atomic mass is 10.3. The summed E-state index contributed by atoms with van der Waals surface area (Å²) in [4.78, 5) is 12.8. The van der Waals surface area contributed by atoms with Gasteiger partial charge in [-0.2, -0.15) is 0 Å². The van der Waals surface area contributed by atoms with Crippen molar-refractivity contribution in [2.24, 2.45) is 0 Å². The first-order valence-corrected chi connectivity index (χ1v) is 4.20. The first-order valence-electron chi connectivity index (χ1n) is 3.73. The van der Waals surface area contributed by atoms with Crippen LogP contribution in [0.2, 0.25) is 0 Å². The van der Waals surface area contributed by atoms with Crippen LogP contribution in [0.4, 0.5) is 4.79 Å². The predicted octanol–water partition coefficient (Wildman–Crippen LogP) is 0.790. The van der Waals surface area contributed by atoms with Crippen molar-refractivity contribution in [3.05, 3.63) is 0 Å². The van der Waals surface area contributed by atoms with Crippen molar-refractivity contribution in [1.82, 2.24) is 10.2 Å². The van der Waals surface area contributed by atoms with Gasteiger partial charge in [0.05, 0.1) is 0 Å². The maximum atomic E-state index is 11.1. The Bertz CT molecular complexity index is 172. The SMILES string of the molecule is CC1CN(CCC=S)C(=O)N1. The average Bonchev–Trinajstić information content (AvgIpc) is 2.26. The minimum atomic E-state index is 0.0364. The van der Waals surface area contributed by atoms with Crippen LogP contribution < -0.4 is 5.32 Å². The molecule has 3 nitrogen and oxygen atoms in total. The fourth-order valence-electron chi connectivity index (χ4n) is 1.16. The van der Waals surface area contributed by atoms with Crippen LogP contribution in [0.15, 0.2) is 0 Å². The van der Waals surface area contributed by atoms with Gasteiger partial charge in [0, 0.05) is 19.1 Å². The summed E-state index contributed by atoms with van der Waals surface area (Å²) in [5, 5.41) is 4.48. The molecule has 4 heteroatoms. The van der Waals surface area contributed by atoms with Crippen molar-refractivity contribution in [2.45, 2.75) is 19.4 Å². The van der Waals surface area contributed by atoms with Crippen LogP contribution in [0, 0.1) is 0 Å². The molecule has 0 saturated carbocycles. The highest BCUT2D eigenvalue weighted by molar-refractivity contribution is 7.78. The molecule has 0 aromatic carbocycles. The summed E-state index contributed by atoms with van der Waals surface area (Å²) in [6.07, 6.45) is 0.801. The molecule has 1 aliphatic heterocycles. The molecule has 2 amide bonds. The Balaban J connectivity index is 2.34. The Morgan fingerprint density at radius 2 is 2.64 bits per heavy atom. The van der Waals surface area contributed by atoms with Gasteiger partial charge in [-0.15, -0.1) is 0 Å². The van der Waals surface area contributed by atoms with Crippen molar-refractivity contribution in [2.75, 3.05) is 13.1 Å². The van der Waals surface area contributed by atoms with E-state index in [1.165, 1.54) is 0 Å². The number of nitrogens with one attached hydrogen (secondary N) is 1. The van der Waals surface area contributed by atoms with Gasteiger partial charge in [0.25, 0.3) is 0 Å². The van der Waals surface area contributed by atoms with Gasteiger partial charge >= 0.3 is 6.03 Å². The summed E-state index contributed by atoms with van der Waals surface area (Å²) in [5.41, 5.74) is 0. The minimum absolute atomic E-state index is 0.0364. The summed E-state index contributed by atoms with van der Waals surface area (Å²) in [7, 11) is 0. The lowest BCUT2D eigenvalue weighted by Crippen LogP contribution is -2.29. The van der Waals surface area contributed by atoms with E-state index in [-0.39, 0.29) is 12.1 Å². The normalized spacial score (nSPS) is 23.5. The highest BCUT2D eigenvalue weighted by Crippen LogP contribution is 2.02. The molecule has 1 atom stereocenters. The van der Waals surface area contributed by atoms with Gasteiger partial charge in [-0.1, -0.05) is 12.2 Å². The van der Waals surface area contributed by atoms with Crippen molar-refractivity contribution >= 4 is 23.6 Å². The van der Waals surface area contributed by atoms with Crippen LogP contribution in [0.1, 0.15) is 13.3 Å². The smallest absolute Gasteiger partial charge is 0.317 e. The maximum absolute atomic E-state index is 11.1. The second-order valence-corrected chi connectivity index (χ2v) is 3.09. The highest BCUT2D eigenvalue weighted by Gasteiger charge is 2.23. The van der Waals surface area contributed by atoms with E-state index < -0.39 is 0 Å². The molecular formula is C7H12N2OS. The summed E-state index contributed by atoms with van der Waals surface area (Å²) < 4.78 is 0. The number of urea groups is 1. The van der Waals surface area contributed by atoms with Crippen molar-refractivity contribution < 1.29 is 4.79 Å². The average molecular weight is 172 g/mol. The Labute approximate surface area is 71.8 Å². The molecule has 62 valence electrons. The third-order valence-electron chi connectivity index (χ3n) is 1.67. The number of thiocarbonyl (C=S) groups is 1. The molecule has 1 aliphatic rings. The maximum Gasteiger partial charge on any atom is 0.317 e. The standard InChI is InChI=1S/C7H12N2OS/c1-6-5-9(3-2-4-11)7(10)8-6/h4,6H,2-3,5H2,1H3,(H,8,10). The van der Waals surface area contributed by atoms with Crippen molar-refractivity contribution in [3.8, 4) is 0 Å². The lowest BCUT2D eigenvalue weighted by Gasteiger charge is -2.11. The second-order valence-electron chi connectivity index (χ2n) is 2.75. The van der Waals surface area contributed by atoms with Gasteiger partial charge in [0.15, 0.2) is 0 Å². The van der Waals surface area contributed by atoms with Crippen molar-refractivity contribution in [3.63, 3.8) is 0 Å². The number of carbonyl (C=O) groups is 1. The molecule has 1 unspecified atom stereocenters. The van der Waals surface area contributed by atoms with Crippen LogP contribution >= 0.6 is 12.2 Å². The predicted molar refractivity (Wildman–Crippen MR) is 47.8 cm³/mol. The Kier molecular flexibility index (Phi) is 2.82. The van der Waals surface area contributed by atoms with E-state index in [0.29, 0.717) is 0 Å². The van der Waals surface area contributed by atoms with E-state index in [1.54, 1.807) is 10.3 Å². The molecular weight excluding hydrogens is 160 g/mol. The molecule has 0 radical (unpaired) electrons. The summed E-state index contributed by atoms with van der Waals surface area (Å²) in [6, 6.07) is 0.321. The first kappa shape index (κ1) is 8.46. The molecule has 0 aromatic heterocycles. The van der Waals surface area contributed by atoms with E-state index in [1.807, 2.05) is 6.92 Å². The van der Waals surface area contributed by atoms with Crippen LogP contribution in [0.25, 0.3) is 0 Å². The zero-order valence-corrected chi connectivity index (χ0v) is 7.36. The Morgan fingerprint density at radius 1 is 1.91 bits per heavy atom. The molecule has 1 heterocycles. The summed E-state index contributed by atoms with van der Waals surface area (Å²) in [5.74, 6) is 0. The lowest BCUT2D eigenvalue weighted by molar-refractivity contribution is 0.219. The van der Waals surface area contributed by atoms with E-state index in [4.69, 9.17) is 0 Å². The number of carbonyl (C=O) groups excluding carboxylic acids is 1. The summed E-state index contributed by atoms with van der Waals surface area (Å²) in [6.45, 7) is 3.55. The topological polar surface area (TPSA) is 32.3 Å². The first-order chi connectivity index (χ1) is 5.24. The van der Waals surface area contributed by atoms with Crippen LogP contribution in [-0.2, 0) is 0 Å². The fraction of sp³-hybridized carbons (Fsp3) is 0.714. The minimum Gasteiger partial charge on any atom is -0.334 e. The van der Waals surface area contributed by atoms with Crippen LogP contribution in [-0.4, -0.2) is 35.4 Å². The zero-order chi connectivity index (χ0) is 8.27. The highest BCUT2D eigenvalue weighted by atomic mass is 32.1. The van der Waals surface area contributed by atoms with Crippen LogP contribution in [0.3, 0.4) is 0 Å². The number of rotatable bonds is 3. The van der Waals surface area contributed by atoms with E-state index >= 15 is 0 Å². The second kappa shape index (κ2) is 3.67. The molecule has 0 spiro atoms. The molecule has 1 fully saturated rings. The number of hydrogen-bond donors (Lipinski definition) is 1. The van der Waals surface area contributed by atoms with E-state index in [0.717, 1.165) is 19.5 Å². The van der Waals surface area contributed by atoms with Gasteiger partial charge < -0.3 is 10.2 Å². The largest absolute Gasteiger partial charge is 0.334 e. The molecule has 1 saturated heterocycles. The van der Waals surface area contributed by atoms with E-state index in [2.05, 4.69) is 17.5 Å². The quantitative estimate of drug-likeness (QED) is 0.638. The van der Waals surface area contributed by atoms with Gasteiger partial charge in [-0.3, -0.25) is 0 Å². The Morgan fingerprint density at radius 3 is 3.09 bits per heavy atom. The van der Waals surface area contributed by atoms with Gasteiger partial charge in [0.2, 0.25) is 0 Å². The number of hydrogen-bond acceptors (Lipinski definition) is 2. The van der Waals surface area contributed by atoms with Gasteiger partial charge in [0.1, 0.15) is 0 Å². The fourth-order valence-corrected chi connectivity index (χ4v) is 1.27. The van der Waals surface area contributed by atoms with E-state index in [9.17, 15) is 4.79 Å². The number of amides is 2. The molecule has 1 N–H and O–H groups in total. The molecule has 0 aromatic rings. The van der Waals surface area contributed by atoms with Crippen molar-refractivity contribution in [1.29, 1.82) is 0 Å². The van der Waals surface area contributed by atoms with Gasteiger partial charge in [-0.25, -0.2) is 4.79 Å². The van der Waals surface area contributed by atoms with Gasteiger partial charge in [-0.05, 0) is 18.7 Å². The third-order valence-corrected chi connectivity index (χ3v) is 1.90. The Hall–Kier alpha value is -0.640. The monoisotopic (exact) mass is 172 g/mol. The summed E-state index contributed by atoms with van der Waals surface area (Å²) >= 11 is 4.67. The van der Waals surface area contributed by atoms with Crippen LogP contribution in [0.5, 0.6) is 0 Å². The molecule has 0 bridgehead atoms.